The molecule has 0 spiro atoms. The number of hydrogen-bond acceptors (Lipinski definition) is 6. The van der Waals surface area contributed by atoms with Crippen LogP contribution >= 0.6 is 0 Å². The van der Waals surface area contributed by atoms with Crippen LogP contribution in [0.2, 0.25) is 0 Å². The van der Waals surface area contributed by atoms with Crippen molar-refractivity contribution in [3.8, 4) is 11.5 Å². The quantitative estimate of drug-likeness (QED) is 0.635. The van der Waals surface area contributed by atoms with Crippen molar-refractivity contribution in [2.24, 2.45) is 5.92 Å². The topological polar surface area (TPSA) is 103 Å². The monoisotopic (exact) mass is 366 g/mol. The summed E-state index contributed by atoms with van der Waals surface area (Å²) in [6, 6.07) is 3.93. The van der Waals surface area contributed by atoms with E-state index in [-0.39, 0.29) is 12.5 Å². The minimum absolute atomic E-state index is 0.195. The number of esters is 1. The molecule has 0 saturated carbocycles. The van der Waals surface area contributed by atoms with Crippen LogP contribution in [0, 0.1) is 5.92 Å². The molecule has 26 heavy (non-hydrogen) atoms. The van der Waals surface area contributed by atoms with Gasteiger partial charge in [-0.05, 0) is 30.5 Å². The number of methoxy groups -OCH3 is 3. The Morgan fingerprint density at radius 1 is 1.04 bits per heavy atom. The first kappa shape index (κ1) is 21.3. The van der Waals surface area contributed by atoms with Crippen molar-refractivity contribution in [2.75, 3.05) is 27.9 Å². The number of rotatable bonds is 9. The van der Waals surface area contributed by atoms with Gasteiger partial charge in [0.15, 0.2) is 11.5 Å². The summed E-state index contributed by atoms with van der Waals surface area (Å²) < 4.78 is 14.9. The fourth-order valence-corrected chi connectivity index (χ4v) is 2.31. The molecule has 2 N–H and O–H groups in total. The molecule has 0 aromatic heterocycles. The summed E-state index contributed by atoms with van der Waals surface area (Å²) in [7, 11) is 4.23. The first-order valence-corrected chi connectivity index (χ1v) is 8.19. The fraction of sp³-hybridized carbons (Fsp3) is 0.500. The molecule has 0 unspecified atom stereocenters. The maximum atomic E-state index is 12.2. The minimum Gasteiger partial charge on any atom is -0.493 e. The molecule has 0 heterocycles. The molecule has 1 aromatic rings. The van der Waals surface area contributed by atoms with Crippen molar-refractivity contribution in [3.05, 3.63) is 23.8 Å². The summed E-state index contributed by atoms with van der Waals surface area (Å²) in [6.45, 7) is 3.60. The second-order valence-electron chi connectivity index (χ2n) is 6.03. The number of ether oxygens (including phenoxy) is 3. The van der Waals surface area contributed by atoms with E-state index in [0.29, 0.717) is 23.5 Å². The molecular formula is C18H26N2O6. The van der Waals surface area contributed by atoms with Crippen LogP contribution in [0.3, 0.4) is 0 Å². The van der Waals surface area contributed by atoms with E-state index in [0.717, 1.165) is 0 Å². The Bertz CT molecular complexity index is 645. The molecule has 0 radical (unpaired) electrons. The normalized spacial score (nSPS) is 11.5. The second kappa shape index (κ2) is 10.3. The first-order valence-electron chi connectivity index (χ1n) is 8.19. The van der Waals surface area contributed by atoms with Gasteiger partial charge in [0.2, 0.25) is 5.91 Å². The number of nitrogens with one attached hydrogen (secondary N) is 2. The standard InChI is InChI=1S/C18H26N2O6/c1-11(2)8-13(18(23)26-5)20-16(21)10-19-17(22)12-6-7-14(24-3)15(9-12)25-4/h6-7,9,11,13H,8,10H2,1-5H3,(H,19,22)(H,20,21)/t13-/m0/s1. The number of carbonyl (C=O) groups excluding carboxylic acids is 3. The van der Waals surface area contributed by atoms with Crippen LogP contribution in [-0.2, 0) is 14.3 Å². The lowest BCUT2D eigenvalue weighted by atomic mass is 10.0. The summed E-state index contributed by atoms with van der Waals surface area (Å²) >= 11 is 0. The lowest BCUT2D eigenvalue weighted by Gasteiger charge is -2.18. The maximum absolute atomic E-state index is 12.2. The van der Waals surface area contributed by atoms with E-state index in [4.69, 9.17) is 9.47 Å². The molecule has 0 aliphatic rings. The third-order valence-electron chi connectivity index (χ3n) is 3.58. The number of carbonyl (C=O) groups is 3. The molecule has 8 nitrogen and oxygen atoms in total. The summed E-state index contributed by atoms with van der Waals surface area (Å²) in [6.07, 6.45) is 0.446. The Morgan fingerprint density at radius 2 is 1.69 bits per heavy atom. The zero-order valence-electron chi connectivity index (χ0n) is 15.8. The predicted octanol–water partition coefficient (Wildman–Crippen LogP) is 1.14. The summed E-state index contributed by atoms with van der Waals surface area (Å²) in [4.78, 5) is 36.0. The highest BCUT2D eigenvalue weighted by Gasteiger charge is 2.22. The van der Waals surface area contributed by atoms with Gasteiger partial charge in [0.05, 0.1) is 27.9 Å². The average molecular weight is 366 g/mol. The zero-order chi connectivity index (χ0) is 19.7. The van der Waals surface area contributed by atoms with Gasteiger partial charge in [-0.1, -0.05) is 13.8 Å². The Labute approximate surface area is 153 Å². The highest BCUT2D eigenvalue weighted by molar-refractivity contribution is 5.97. The van der Waals surface area contributed by atoms with E-state index in [1.54, 1.807) is 12.1 Å². The third-order valence-corrected chi connectivity index (χ3v) is 3.58. The second-order valence-corrected chi connectivity index (χ2v) is 6.03. The van der Waals surface area contributed by atoms with E-state index < -0.39 is 23.8 Å². The van der Waals surface area contributed by atoms with Gasteiger partial charge in [-0.2, -0.15) is 0 Å². The highest BCUT2D eigenvalue weighted by Crippen LogP contribution is 2.27. The Balaban J connectivity index is 2.65. The number of benzene rings is 1. The lowest BCUT2D eigenvalue weighted by molar-refractivity contribution is -0.145. The number of hydrogen-bond donors (Lipinski definition) is 2. The minimum atomic E-state index is -0.745. The third kappa shape index (κ3) is 6.27. The smallest absolute Gasteiger partial charge is 0.328 e. The van der Waals surface area contributed by atoms with Crippen molar-refractivity contribution in [3.63, 3.8) is 0 Å². The van der Waals surface area contributed by atoms with Crippen LogP contribution in [0.5, 0.6) is 11.5 Å². The first-order chi connectivity index (χ1) is 12.3. The lowest BCUT2D eigenvalue weighted by Crippen LogP contribution is -2.46. The van der Waals surface area contributed by atoms with Crippen LogP contribution in [0.4, 0.5) is 0 Å². The zero-order valence-corrected chi connectivity index (χ0v) is 15.8. The van der Waals surface area contributed by atoms with E-state index in [1.165, 1.54) is 27.4 Å². The van der Waals surface area contributed by atoms with Gasteiger partial charge in [0.1, 0.15) is 6.04 Å². The van der Waals surface area contributed by atoms with Crippen molar-refractivity contribution >= 4 is 17.8 Å². The van der Waals surface area contributed by atoms with Crippen molar-refractivity contribution in [1.29, 1.82) is 0 Å². The molecule has 0 bridgehead atoms. The summed E-state index contributed by atoms with van der Waals surface area (Å²) in [5.74, 6) is -0.336. The molecule has 0 fully saturated rings. The Hall–Kier alpha value is -2.77. The van der Waals surface area contributed by atoms with Gasteiger partial charge in [-0.3, -0.25) is 9.59 Å². The van der Waals surface area contributed by atoms with Gasteiger partial charge in [-0.25, -0.2) is 4.79 Å². The maximum Gasteiger partial charge on any atom is 0.328 e. The molecule has 144 valence electrons. The van der Waals surface area contributed by atoms with E-state index in [9.17, 15) is 14.4 Å². The van der Waals surface area contributed by atoms with Gasteiger partial charge in [-0.15, -0.1) is 0 Å². The van der Waals surface area contributed by atoms with Gasteiger partial charge in [0.25, 0.3) is 5.91 Å². The molecule has 2 amide bonds. The SMILES string of the molecule is COC(=O)[C@H](CC(C)C)NC(=O)CNC(=O)c1ccc(OC)c(OC)c1. The molecule has 0 aliphatic heterocycles. The van der Waals surface area contributed by atoms with E-state index >= 15 is 0 Å². The molecule has 1 aromatic carbocycles. The van der Waals surface area contributed by atoms with E-state index in [2.05, 4.69) is 15.4 Å². The Morgan fingerprint density at radius 3 is 2.23 bits per heavy atom. The van der Waals surface area contributed by atoms with Gasteiger partial charge in [0, 0.05) is 5.56 Å². The molecule has 8 heteroatoms. The van der Waals surface area contributed by atoms with Crippen LogP contribution in [0.25, 0.3) is 0 Å². The van der Waals surface area contributed by atoms with Crippen LogP contribution < -0.4 is 20.1 Å². The van der Waals surface area contributed by atoms with Crippen molar-refractivity contribution < 1.29 is 28.6 Å². The predicted molar refractivity (Wildman–Crippen MR) is 95.3 cm³/mol. The molecule has 0 aliphatic carbocycles. The summed E-state index contributed by atoms with van der Waals surface area (Å²) in [5.41, 5.74) is 0.321. The Kier molecular flexibility index (Phi) is 8.41. The number of amides is 2. The highest BCUT2D eigenvalue weighted by atomic mass is 16.5. The van der Waals surface area contributed by atoms with Gasteiger partial charge >= 0.3 is 5.97 Å². The summed E-state index contributed by atoms with van der Waals surface area (Å²) in [5, 5.41) is 5.08. The molecule has 1 atom stereocenters. The van der Waals surface area contributed by atoms with Crippen molar-refractivity contribution in [1.82, 2.24) is 10.6 Å². The van der Waals surface area contributed by atoms with E-state index in [1.807, 2.05) is 13.8 Å². The molecule has 0 saturated heterocycles. The fourth-order valence-electron chi connectivity index (χ4n) is 2.31. The molecule has 1 rings (SSSR count). The molecular weight excluding hydrogens is 340 g/mol. The average Bonchev–Trinajstić information content (AvgIpc) is 2.63. The van der Waals surface area contributed by atoms with Crippen LogP contribution in [0.15, 0.2) is 18.2 Å². The van der Waals surface area contributed by atoms with Gasteiger partial charge < -0.3 is 24.8 Å². The van der Waals surface area contributed by atoms with Crippen molar-refractivity contribution in [2.45, 2.75) is 26.3 Å². The largest absolute Gasteiger partial charge is 0.493 e. The van der Waals surface area contributed by atoms with Crippen LogP contribution in [0.1, 0.15) is 30.6 Å². The van der Waals surface area contributed by atoms with Crippen LogP contribution in [-0.4, -0.2) is 51.7 Å².